The van der Waals surface area contributed by atoms with Crippen LogP contribution in [0.25, 0.3) is 0 Å². The van der Waals surface area contributed by atoms with Gasteiger partial charge in [-0.15, -0.1) is 0 Å². The molecule has 1 aromatic carbocycles. The van der Waals surface area contributed by atoms with Gasteiger partial charge in [-0.1, -0.05) is 31.2 Å². The summed E-state index contributed by atoms with van der Waals surface area (Å²) < 4.78 is 5.76. The molecule has 0 bridgehead atoms. The summed E-state index contributed by atoms with van der Waals surface area (Å²) in [7, 11) is 0. The van der Waals surface area contributed by atoms with Crippen LogP contribution in [-0.2, 0) is 6.54 Å². The van der Waals surface area contributed by atoms with Crippen LogP contribution in [-0.4, -0.2) is 12.6 Å². The van der Waals surface area contributed by atoms with E-state index in [4.69, 9.17) is 16.3 Å². The Balaban J connectivity index is 2.76. The van der Waals surface area contributed by atoms with Crippen LogP contribution in [0.5, 0.6) is 5.75 Å². The Labute approximate surface area is 109 Å². The molecule has 0 saturated carbocycles. The van der Waals surface area contributed by atoms with Gasteiger partial charge in [0.2, 0.25) is 0 Å². The molecule has 1 atom stereocenters. The lowest BCUT2D eigenvalue weighted by molar-refractivity contribution is 0.267. The van der Waals surface area contributed by atoms with E-state index in [1.54, 1.807) is 6.08 Å². The quantitative estimate of drug-likeness (QED) is 0.590. The molecule has 0 fully saturated rings. The molecule has 0 saturated heterocycles. The molecule has 0 heterocycles. The van der Waals surface area contributed by atoms with Gasteiger partial charge in [0.05, 0.1) is 0 Å². The van der Waals surface area contributed by atoms with Gasteiger partial charge in [-0.2, -0.15) is 0 Å². The van der Waals surface area contributed by atoms with E-state index in [0.717, 1.165) is 35.8 Å². The van der Waals surface area contributed by atoms with Gasteiger partial charge in [-0.25, -0.2) is 0 Å². The van der Waals surface area contributed by atoms with Crippen LogP contribution in [0, 0.1) is 0 Å². The number of hydrogen-bond donors (Lipinski definition) is 1. The van der Waals surface area contributed by atoms with Crippen molar-refractivity contribution >= 4 is 11.6 Å². The number of ether oxygens (including phenoxy) is 1. The number of halogens is 1. The molecule has 0 aromatic heterocycles. The third-order valence-corrected chi connectivity index (χ3v) is 2.64. The average Bonchev–Trinajstić information content (AvgIpc) is 2.32. The van der Waals surface area contributed by atoms with E-state index in [9.17, 15) is 0 Å². The molecule has 1 aromatic rings. The van der Waals surface area contributed by atoms with Crippen molar-refractivity contribution < 1.29 is 4.74 Å². The Morgan fingerprint density at radius 3 is 2.94 bits per heavy atom. The van der Waals surface area contributed by atoms with Crippen molar-refractivity contribution in [1.29, 1.82) is 0 Å². The number of hydrogen-bond acceptors (Lipinski definition) is 2. The Bertz CT molecular complexity index is 365. The highest BCUT2D eigenvalue weighted by Gasteiger charge is 2.06. The summed E-state index contributed by atoms with van der Waals surface area (Å²) in [6.45, 7) is 9.58. The fourth-order valence-electron chi connectivity index (χ4n) is 1.45. The largest absolute Gasteiger partial charge is 0.486 e. The van der Waals surface area contributed by atoms with Crippen molar-refractivity contribution in [2.75, 3.05) is 6.54 Å². The van der Waals surface area contributed by atoms with Crippen molar-refractivity contribution in [3.05, 3.63) is 41.4 Å². The fourth-order valence-corrected chi connectivity index (χ4v) is 1.64. The molecule has 3 heteroatoms. The van der Waals surface area contributed by atoms with Crippen LogP contribution >= 0.6 is 11.6 Å². The topological polar surface area (TPSA) is 21.3 Å². The lowest BCUT2D eigenvalue weighted by Gasteiger charge is -2.15. The van der Waals surface area contributed by atoms with E-state index in [0.29, 0.717) is 0 Å². The molecule has 1 unspecified atom stereocenters. The second kappa shape index (κ2) is 7.36. The summed E-state index contributed by atoms with van der Waals surface area (Å²) in [6, 6.07) is 5.69. The van der Waals surface area contributed by atoms with E-state index < -0.39 is 0 Å². The summed E-state index contributed by atoms with van der Waals surface area (Å²) >= 11 is 6.00. The van der Waals surface area contributed by atoms with Crippen molar-refractivity contribution in [1.82, 2.24) is 5.32 Å². The molecule has 94 valence electrons. The highest BCUT2D eigenvalue weighted by Crippen LogP contribution is 2.24. The number of rotatable bonds is 7. The molecule has 0 aliphatic rings. The maximum atomic E-state index is 6.00. The van der Waals surface area contributed by atoms with Crippen LogP contribution in [0.2, 0.25) is 5.02 Å². The molecule has 0 spiro atoms. The first kappa shape index (κ1) is 14.1. The van der Waals surface area contributed by atoms with Crippen LogP contribution in [0.4, 0.5) is 0 Å². The Morgan fingerprint density at radius 2 is 2.29 bits per heavy atom. The summed E-state index contributed by atoms with van der Waals surface area (Å²) in [4.78, 5) is 0. The van der Waals surface area contributed by atoms with Crippen molar-refractivity contribution in [2.24, 2.45) is 0 Å². The lowest BCUT2D eigenvalue weighted by Crippen LogP contribution is -2.16. The van der Waals surface area contributed by atoms with Gasteiger partial charge < -0.3 is 10.1 Å². The second-order valence-corrected chi connectivity index (χ2v) is 4.42. The molecular formula is C14H20ClNO. The van der Waals surface area contributed by atoms with Gasteiger partial charge in [-0.05, 0) is 38.1 Å². The van der Waals surface area contributed by atoms with E-state index >= 15 is 0 Å². The standard InChI is InChI=1S/C14H20ClNO/c1-4-8-16-10-12-9-13(15)6-7-14(12)17-11(3)5-2/h5-7,9,11,16H,2,4,8,10H2,1,3H3. The van der Waals surface area contributed by atoms with Crippen LogP contribution in [0.15, 0.2) is 30.9 Å². The first-order valence-electron chi connectivity index (χ1n) is 5.95. The minimum atomic E-state index is 0.00102. The van der Waals surface area contributed by atoms with Gasteiger partial charge in [0.15, 0.2) is 0 Å². The van der Waals surface area contributed by atoms with Gasteiger partial charge in [0.1, 0.15) is 11.9 Å². The van der Waals surface area contributed by atoms with E-state index in [-0.39, 0.29) is 6.10 Å². The summed E-state index contributed by atoms with van der Waals surface area (Å²) in [5.74, 6) is 0.866. The molecule has 0 radical (unpaired) electrons. The number of nitrogens with one attached hydrogen (secondary N) is 1. The van der Waals surface area contributed by atoms with Crippen molar-refractivity contribution in [2.45, 2.75) is 32.9 Å². The van der Waals surface area contributed by atoms with E-state index in [1.807, 2.05) is 25.1 Å². The maximum Gasteiger partial charge on any atom is 0.124 e. The molecule has 0 aliphatic heterocycles. The summed E-state index contributed by atoms with van der Waals surface area (Å²) in [5.41, 5.74) is 1.08. The second-order valence-electron chi connectivity index (χ2n) is 3.99. The fraction of sp³-hybridized carbons (Fsp3) is 0.429. The summed E-state index contributed by atoms with van der Waals surface area (Å²) in [6.07, 6.45) is 2.89. The van der Waals surface area contributed by atoms with Gasteiger partial charge in [-0.3, -0.25) is 0 Å². The molecular weight excluding hydrogens is 234 g/mol. The normalized spacial score (nSPS) is 12.2. The van der Waals surface area contributed by atoms with Crippen molar-refractivity contribution in [3.8, 4) is 5.75 Å². The molecule has 2 nitrogen and oxygen atoms in total. The van der Waals surface area contributed by atoms with Crippen LogP contribution < -0.4 is 10.1 Å². The SMILES string of the molecule is C=CC(C)Oc1ccc(Cl)cc1CNCCC. The Hall–Kier alpha value is -0.990. The first-order valence-corrected chi connectivity index (χ1v) is 6.33. The van der Waals surface area contributed by atoms with Crippen molar-refractivity contribution in [3.63, 3.8) is 0 Å². The Kier molecular flexibility index (Phi) is 6.09. The maximum absolute atomic E-state index is 6.00. The third-order valence-electron chi connectivity index (χ3n) is 2.41. The molecule has 17 heavy (non-hydrogen) atoms. The van der Waals surface area contributed by atoms with Gasteiger partial charge >= 0.3 is 0 Å². The zero-order valence-corrected chi connectivity index (χ0v) is 11.3. The highest BCUT2D eigenvalue weighted by atomic mass is 35.5. The smallest absolute Gasteiger partial charge is 0.124 e. The van der Waals surface area contributed by atoms with E-state index in [2.05, 4.69) is 18.8 Å². The minimum absolute atomic E-state index is 0.00102. The predicted molar refractivity (Wildman–Crippen MR) is 73.7 cm³/mol. The molecule has 0 amide bonds. The van der Waals surface area contributed by atoms with Gasteiger partial charge in [0, 0.05) is 17.1 Å². The van der Waals surface area contributed by atoms with Gasteiger partial charge in [0.25, 0.3) is 0 Å². The Morgan fingerprint density at radius 1 is 1.53 bits per heavy atom. The average molecular weight is 254 g/mol. The lowest BCUT2D eigenvalue weighted by atomic mass is 10.2. The van der Waals surface area contributed by atoms with Crippen LogP contribution in [0.3, 0.4) is 0 Å². The zero-order chi connectivity index (χ0) is 12.7. The first-order chi connectivity index (χ1) is 8.17. The molecule has 1 N–H and O–H groups in total. The number of benzene rings is 1. The zero-order valence-electron chi connectivity index (χ0n) is 10.5. The van der Waals surface area contributed by atoms with E-state index in [1.165, 1.54) is 0 Å². The molecule has 0 aliphatic carbocycles. The monoisotopic (exact) mass is 253 g/mol. The van der Waals surface area contributed by atoms with Crippen LogP contribution in [0.1, 0.15) is 25.8 Å². The third kappa shape index (κ3) is 4.80. The summed E-state index contributed by atoms with van der Waals surface area (Å²) in [5, 5.41) is 4.08. The minimum Gasteiger partial charge on any atom is -0.486 e. The highest BCUT2D eigenvalue weighted by molar-refractivity contribution is 6.30. The molecule has 1 rings (SSSR count). The predicted octanol–water partition coefficient (Wildman–Crippen LogP) is 3.79.